The number of aromatic nitrogens is 1. The van der Waals surface area contributed by atoms with E-state index in [0.29, 0.717) is 32.2 Å². The van der Waals surface area contributed by atoms with E-state index in [4.69, 9.17) is 9.47 Å². The molecule has 0 spiro atoms. The number of rotatable bonds is 7. The van der Waals surface area contributed by atoms with Crippen molar-refractivity contribution in [2.75, 3.05) is 19.8 Å². The maximum Gasteiger partial charge on any atom is 0.224 e. The van der Waals surface area contributed by atoms with Crippen LogP contribution in [0.1, 0.15) is 18.1 Å². The van der Waals surface area contributed by atoms with Crippen molar-refractivity contribution in [2.24, 2.45) is 5.92 Å². The van der Waals surface area contributed by atoms with Crippen LogP contribution < -0.4 is 10.1 Å². The van der Waals surface area contributed by atoms with Gasteiger partial charge in [0, 0.05) is 18.3 Å². The molecule has 3 rings (SSSR count). The van der Waals surface area contributed by atoms with Crippen LogP contribution >= 0.6 is 0 Å². The molecule has 1 aromatic heterocycles. The van der Waals surface area contributed by atoms with Crippen LogP contribution in [-0.2, 0) is 22.4 Å². The highest BCUT2D eigenvalue weighted by Gasteiger charge is 2.29. The lowest BCUT2D eigenvalue weighted by molar-refractivity contribution is -0.121. The molecular formula is C20H24N2O3. The van der Waals surface area contributed by atoms with Crippen LogP contribution in [-0.4, -0.2) is 36.8 Å². The van der Waals surface area contributed by atoms with Crippen LogP contribution in [0.5, 0.6) is 5.75 Å². The Balaban J connectivity index is 1.52. The second kappa shape index (κ2) is 8.62. The smallest absolute Gasteiger partial charge is 0.224 e. The van der Waals surface area contributed by atoms with Crippen LogP contribution in [0.3, 0.4) is 0 Å². The molecule has 1 N–H and O–H groups in total. The van der Waals surface area contributed by atoms with Crippen molar-refractivity contribution >= 4 is 5.91 Å². The second-order valence-corrected chi connectivity index (χ2v) is 6.28. The molecule has 2 aromatic rings. The standard InChI is InChI=1S/C20H24N2O3/c1-2-25-18-5-3-15(4-6-18)12-20(23)22-19-14-24-13-17(19)11-16-7-9-21-10-8-16/h3-10,17,19H,2,11-14H2,1H3,(H,22,23). The van der Waals surface area contributed by atoms with Gasteiger partial charge in [0.2, 0.25) is 5.91 Å². The molecule has 1 aliphatic heterocycles. The minimum Gasteiger partial charge on any atom is -0.494 e. The molecule has 0 radical (unpaired) electrons. The van der Waals surface area contributed by atoms with Gasteiger partial charge in [-0.15, -0.1) is 0 Å². The van der Waals surface area contributed by atoms with Crippen LogP contribution in [0, 0.1) is 5.92 Å². The topological polar surface area (TPSA) is 60.5 Å². The van der Waals surface area contributed by atoms with Gasteiger partial charge in [0.05, 0.1) is 32.3 Å². The SMILES string of the molecule is CCOc1ccc(CC(=O)NC2COCC2Cc2ccncc2)cc1. The van der Waals surface area contributed by atoms with Crippen LogP contribution in [0.4, 0.5) is 0 Å². The summed E-state index contributed by atoms with van der Waals surface area (Å²) in [4.78, 5) is 16.4. The first kappa shape index (κ1) is 17.4. The van der Waals surface area contributed by atoms with Crippen molar-refractivity contribution in [2.45, 2.75) is 25.8 Å². The molecule has 5 nitrogen and oxygen atoms in total. The van der Waals surface area contributed by atoms with E-state index in [9.17, 15) is 4.79 Å². The van der Waals surface area contributed by atoms with E-state index in [1.165, 1.54) is 5.56 Å². The van der Waals surface area contributed by atoms with Gasteiger partial charge in [-0.1, -0.05) is 12.1 Å². The monoisotopic (exact) mass is 340 g/mol. The van der Waals surface area contributed by atoms with E-state index in [-0.39, 0.29) is 11.9 Å². The fourth-order valence-electron chi connectivity index (χ4n) is 3.09. The Morgan fingerprint density at radius 3 is 2.64 bits per heavy atom. The third-order valence-corrected chi connectivity index (χ3v) is 4.39. The first-order valence-electron chi connectivity index (χ1n) is 8.72. The van der Waals surface area contributed by atoms with Gasteiger partial charge in [-0.05, 0) is 48.7 Å². The Hall–Kier alpha value is -2.40. The van der Waals surface area contributed by atoms with Crippen molar-refractivity contribution in [1.82, 2.24) is 10.3 Å². The summed E-state index contributed by atoms with van der Waals surface area (Å²) in [6.07, 6.45) is 4.84. The number of nitrogens with zero attached hydrogens (tertiary/aromatic N) is 1. The number of amides is 1. The zero-order chi connectivity index (χ0) is 17.5. The van der Waals surface area contributed by atoms with Gasteiger partial charge < -0.3 is 14.8 Å². The fourth-order valence-corrected chi connectivity index (χ4v) is 3.09. The number of hydrogen-bond donors (Lipinski definition) is 1. The number of benzene rings is 1. The Morgan fingerprint density at radius 2 is 1.92 bits per heavy atom. The summed E-state index contributed by atoms with van der Waals surface area (Å²) in [7, 11) is 0. The molecule has 0 bridgehead atoms. The van der Waals surface area contributed by atoms with E-state index in [1.807, 2.05) is 43.3 Å². The maximum atomic E-state index is 12.4. The quantitative estimate of drug-likeness (QED) is 0.841. The Morgan fingerprint density at radius 1 is 1.16 bits per heavy atom. The molecule has 2 unspecified atom stereocenters. The number of carbonyl (C=O) groups is 1. The number of carbonyl (C=O) groups excluding carboxylic acids is 1. The number of nitrogens with one attached hydrogen (secondary N) is 1. The van der Waals surface area contributed by atoms with E-state index in [1.54, 1.807) is 12.4 Å². The zero-order valence-electron chi connectivity index (χ0n) is 14.5. The largest absolute Gasteiger partial charge is 0.494 e. The minimum absolute atomic E-state index is 0.0272. The van der Waals surface area contributed by atoms with Gasteiger partial charge in [-0.3, -0.25) is 9.78 Å². The van der Waals surface area contributed by atoms with Crippen molar-refractivity contribution in [1.29, 1.82) is 0 Å². The second-order valence-electron chi connectivity index (χ2n) is 6.28. The normalized spacial score (nSPS) is 19.6. The Kier molecular flexibility index (Phi) is 6.01. The first-order valence-corrected chi connectivity index (χ1v) is 8.72. The predicted octanol–water partition coefficient (Wildman–Crippen LogP) is 2.40. The van der Waals surface area contributed by atoms with Crippen LogP contribution in [0.25, 0.3) is 0 Å². The summed E-state index contributed by atoms with van der Waals surface area (Å²) in [6.45, 7) is 3.84. The molecule has 1 aromatic carbocycles. The lowest BCUT2D eigenvalue weighted by Crippen LogP contribution is -2.41. The predicted molar refractivity (Wildman–Crippen MR) is 95.5 cm³/mol. The van der Waals surface area contributed by atoms with E-state index in [0.717, 1.165) is 17.7 Å². The average molecular weight is 340 g/mol. The third kappa shape index (κ3) is 5.03. The van der Waals surface area contributed by atoms with Gasteiger partial charge in [0.15, 0.2) is 0 Å². The highest BCUT2D eigenvalue weighted by Crippen LogP contribution is 2.19. The summed E-state index contributed by atoms with van der Waals surface area (Å²) in [5.74, 6) is 1.15. The van der Waals surface area contributed by atoms with Crippen molar-refractivity contribution in [3.8, 4) is 5.75 Å². The first-order chi connectivity index (χ1) is 12.2. The third-order valence-electron chi connectivity index (χ3n) is 4.39. The number of hydrogen-bond acceptors (Lipinski definition) is 4. The van der Waals surface area contributed by atoms with Gasteiger partial charge in [0.25, 0.3) is 0 Å². The Labute approximate surface area is 148 Å². The molecule has 5 heteroatoms. The van der Waals surface area contributed by atoms with E-state index >= 15 is 0 Å². The summed E-state index contributed by atoms with van der Waals surface area (Å²) >= 11 is 0. The fraction of sp³-hybridized carbons (Fsp3) is 0.400. The van der Waals surface area contributed by atoms with Gasteiger partial charge in [0.1, 0.15) is 5.75 Å². The highest BCUT2D eigenvalue weighted by molar-refractivity contribution is 5.79. The lowest BCUT2D eigenvalue weighted by Gasteiger charge is -2.19. The molecule has 1 amide bonds. The zero-order valence-corrected chi connectivity index (χ0v) is 14.5. The van der Waals surface area contributed by atoms with Gasteiger partial charge in [-0.25, -0.2) is 0 Å². The lowest BCUT2D eigenvalue weighted by atomic mass is 9.95. The number of ether oxygens (including phenoxy) is 2. The molecule has 25 heavy (non-hydrogen) atoms. The summed E-state index contributed by atoms with van der Waals surface area (Å²) < 4.78 is 11.0. The summed E-state index contributed by atoms with van der Waals surface area (Å²) in [5, 5.41) is 3.13. The van der Waals surface area contributed by atoms with Crippen molar-refractivity contribution in [3.63, 3.8) is 0 Å². The maximum absolute atomic E-state index is 12.4. The molecule has 132 valence electrons. The summed E-state index contributed by atoms with van der Waals surface area (Å²) in [5.41, 5.74) is 2.20. The van der Waals surface area contributed by atoms with Gasteiger partial charge in [-0.2, -0.15) is 0 Å². The molecule has 1 aliphatic rings. The van der Waals surface area contributed by atoms with Crippen molar-refractivity contribution < 1.29 is 14.3 Å². The summed E-state index contributed by atoms with van der Waals surface area (Å²) in [6, 6.07) is 11.7. The molecule has 2 heterocycles. The van der Waals surface area contributed by atoms with Crippen LogP contribution in [0.2, 0.25) is 0 Å². The molecular weight excluding hydrogens is 316 g/mol. The molecule has 1 saturated heterocycles. The molecule has 0 aliphatic carbocycles. The molecule has 1 fully saturated rings. The molecule has 0 saturated carbocycles. The van der Waals surface area contributed by atoms with Crippen molar-refractivity contribution in [3.05, 3.63) is 59.9 Å². The van der Waals surface area contributed by atoms with Crippen LogP contribution in [0.15, 0.2) is 48.8 Å². The highest BCUT2D eigenvalue weighted by atomic mass is 16.5. The van der Waals surface area contributed by atoms with E-state index in [2.05, 4.69) is 10.3 Å². The Bertz CT molecular complexity index is 673. The molecule has 2 atom stereocenters. The average Bonchev–Trinajstić information content (AvgIpc) is 3.04. The number of pyridine rings is 1. The van der Waals surface area contributed by atoms with Gasteiger partial charge >= 0.3 is 0 Å². The van der Waals surface area contributed by atoms with E-state index < -0.39 is 0 Å². The minimum atomic E-state index is 0.0272.